The van der Waals surface area contributed by atoms with Crippen LogP contribution in [-0.4, -0.2) is 21.4 Å². The number of rotatable bonds is 7. The fraction of sp³-hybridized carbons (Fsp3) is 0.478. The molecule has 3 aromatic rings. The molecule has 29 heavy (non-hydrogen) atoms. The highest BCUT2D eigenvalue weighted by molar-refractivity contribution is 7.99. The Morgan fingerprint density at radius 2 is 2.10 bits per heavy atom. The minimum absolute atomic E-state index is 0.0970. The molecule has 1 atom stereocenters. The molecule has 2 aromatic heterocycles. The van der Waals surface area contributed by atoms with Gasteiger partial charge in [-0.3, -0.25) is 9.36 Å². The Hall–Kier alpha value is -1.63. The molecule has 4 nitrogen and oxygen atoms in total. The Bertz CT molecular complexity index is 1040. The minimum atomic E-state index is 0.0970. The number of ether oxygens (including phenoxy) is 1. The molecule has 0 amide bonds. The summed E-state index contributed by atoms with van der Waals surface area (Å²) in [5.41, 5.74) is 2.39. The van der Waals surface area contributed by atoms with Crippen molar-refractivity contribution in [1.82, 2.24) is 9.55 Å². The van der Waals surface area contributed by atoms with E-state index in [1.807, 2.05) is 22.8 Å². The molecule has 0 fully saturated rings. The highest BCUT2D eigenvalue weighted by Gasteiger charge is 2.28. The third-order valence-corrected chi connectivity index (χ3v) is 7.61. The summed E-state index contributed by atoms with van der Waals surface area (Å²) < 4.78 is 7.92. The highest BCUT2D eigenvalue weighted by Crippen LogP contribution is 2.36. The number of nitrogens with zero attached hydrogens (tertiary/aromatic N) is 2. The van der Waals surface area contributed by atoms with Gasteiger partial charge in [0, 0.05) is 17.1 Å². The average Bonchev–Trinajstić information content (AvgIpc) is 3.09. The Morgan fingerprint density at radius 1 is 1.31 bits per heavy atom. The Kier molecular flexibility index (Phi) is 6.42. The van der Waals surface area contributed by atoms with E-state index in [0.29, 0.717) is 19.1 Å². The summed E-state index contributed by atoms with van der Waals surface area (Å²) in [6, 6.07) is 10.2. The largest absolute Gasteiger partial charge is 0.372 e. The van der Waals surface area contributed by atoms with E-state index in [9.17, 15) is 4.79 Å². The average molecular weight is 429 g/mol. The fourth-order valence-corrected chi connectivity index (χ4v) is 5.94. The number of thioether (sulfide) groups is 1. The van der Waals surface area contributed by atoms with E-state index in [0.717, 1.165) is 46.0 Å². The quantitative estimate of drug-likeness (QED) is 0.283. The van der Waals surface area contributed by atoms with E-state index in [2.05, 4.69) is 32.9 Å². The SMILES string of the molecule is CCCCSc1nc2sc3c(c2c(=O)n1Cc1ccccc1)C[C@@H](C(C)C)OC3. The number of thiophene rings is 1. The van der Waals surface area contributed by atoms with Crippen LogP contribution in [0.1, 0.15) is 49.6 Å². The second kappa shape index (κ2) is 9.02. The molecule has 1 aliphatic rings. The van der Waals surface area contributed by atoms with Gasteiger partial charge in [-0.2, -0.15) is 0 Å². The number of fused-ring (bicyclic) bond motifs is 3. The van der Waals surface area contributed by atoms with Crippen LogP contribution in [0.3, 0.4) is 0 Å². The summed E-state index contributed by atoms with van der Waals surface area (Å²) in [4.78, 5) is 20.7. The third-order valence-electron chi connectivity index (χ3n) is 5.45. The van der Waals surface area contributed by atoms with Crippen molar-refractivity contribution in [3.63, 3.8) is 0 Å². The third kappa shape index (κ3) is 4.30. The van der Waals surface area contributed by atoms with Gasteiger partial charge in [-0.1, -0.05) is 69.3 Å². The van der Waals surface area contributed by atoms with Gasteiger partial charge in [0.25, 0.3) is 5.56 Å². The van der Waals surface area contributed by atoms with Crippen molar-refractivity contribution in [3.8, 4) is 0 Å². The molecular formula is C23H28N2O2S2. The molecule has 3 heterocycles. The highest BCUT2D eigenvalue weighted by atomic mass is 32.2. The van der Waals surface area contributed by atoms with Crippen LogP contribution in [0.4, 0.5) is 0 Å². The first-order chi connectivity index (χ1) is 14.1. The van der Waals surface area contributed by atoms with Crippen molar-refractivity contribution in [1.29, 1.82) is 0 Å². The van der Waals surface area contributed by atoms with Gasteiger partial charge >= 0.3 is 0 Å². The van der Waals surface area contributed by atoms with E-state index >= 15 is 0 Å². The zero-order chi connectivity index (χ0) is 20.4. The topological polar surface area (TPSA) is 44.1 Å². The zero-order valence-corrected chi connectivity index (χ0v) is 18.9. The number of unbranched alkanes of at least 4 members (excludes halogenated alkanes) is 1. The van der Waals surface area contributed by atoms with Crippen LogP contribution < -0.4 is 5.56 Å². The molecule has 0 saturated heterocycles. The van der Waals surface area contributed by atoms with Crippen LogP contribution in [0.25, 0.3) is 10.2 Å². The van der Waals surface area contributed by atoms with E-state index in [1.54, 1.807) is 23.1 Å². The lowest BCUT2D eigenvalue weighted by Gasteiger charge is -2.26. The van der Waals surface area contributed by atoms with Crippen LogP contribution in [-0.2, 0) is 24.3 Å². The molecule has 154 valence electrons. The van der Waals surface area contributed by atoms with Gasteiger partial charge in [0.05, 0.1) is 24.6 Å². The first-order valence-corrected chi connectivity index (χ1v) is 12.2. The summed E-state index contributed by atoms with van der Waals surface area (Å²) in [5.74, 6) is 1.41. The van der Waals surface area contributed by atoms with Gasteiger partial charge in [0.2, 0.25) is 0 Å². The zero-order valence-electron chi connectivity index (χ0n) is 17.3. The Balaban J connectivity index is 1.81. The second-order valence-corrected chi connectivity index (χ2v) is 10.1. The number of hydrogen-bond acceptors (Lipinski definition) is 5. The molecule has 0 N–H and O–H groups in total. The van der Waals surface area contributed by atoms with Crippen molar-refractivity contribution in [2.45, 2.75) is 64.4 Å². The summed E-state index contributed by atoms with van der Waals surface area (Å²) in [7, 11) is 0. The maximum Gasteiger partial charge on any atom is 0.263 e. The molecule has 0 aliphatic carbocycles. The van der Waals surface area contributed by atoms with Crippen LogP contribution in [0.5, 0.6) is 0 Å². The molecule has 1 aliphatic heterocycles. The van der Waals surface area contributed by atoms with E-state index in [1.165, 1.54) is 10.4 Å². The molecule has 0 spiro atoms. The fourth-order valence-electron chi connectivity index (χ4n) is 3.69. The lowest BCUT2D eigenvalue weighted by Crippen LogP contribution is -2.28. The van der Waals surface area contributed by atoms with Crippen LogP contribution >= 0.6 is 23.1 Å². The predicted octanol–water partition coefficient (Wildman–Crippen LogP) is 5.50. The molecule has 0 radical (unpaired) electrons. The molecule has 0 bridgehead atoms. The molecule has 6 heteroatoms. The molecule has 0 saturated carbocycles. The smallest absolute Gasteiger partial charge is 0.263 e. The summed E-state index contributed by atoms with van der Waals surface area (Å²) >= 11 is 3.33. The van der Waals surface area contributed by atoms with E-state index in [-0.39, 0.29) is 11.7 Å². The van der Waals surface area contributed by atoms with Crippen molar-refractivity contribution >= 4 is 33.3 Å². The van der Waals surface area contributed by atoms with Gasteiger partial charge in [0.1, 0.15) is 4.83 Å². The van der Waals surface area contributed by atoms with Crippen molar-refractivity contribution < 1.29 is 4.74 Å². The van der Waals surface area contributed by atoms with E-state index < -0.39 is 0 Å². The van der Waals surface area contributed by atoms with Crippen LogP contribution in [0, 0.1) is 5.92 Å². The van der Waals surface area contributed by atoms with Gasteiger partial charge in [0.15, 0.2) is 5.16 Å². The van der Waals surface area contributed by atoms with Crippen molar-refractivity contribution in [2.24, 2.45) is 5.92 Å². The standard InChI is InChI=1S/C23H28N2O2S2/c1-4-5-11-28-23-24-21-20(17-12-18(15(2)3)27-14-19(17)29-21)22(26)25(23)13-16-9-7-6-8-10-16/h6-10,15,18H,4-5,11-14H2,1-3H3/t18-/m0/s1. The van der Waals surface area contributed by atoms with Crippen molar-refractivity contribution in [2.75, 3.05) is 5.75 Å². The predicted molar refractivity (Wildman–Crippen MR) is 122 cm³/mol. The first kappa shape index (κ1) is 20.6. The second-order valence-electron chi connectivity index (χ2n) is 7.95. The molecule has 4 rings (SSSR count). The van der Waals surface area contributed by atoms with Crippen LogP contribution in [0.15, 0.2) is 40.3 Å². The normalized spacial score (nSPS) is 16.5. The first-order valence-electron chi connectivity index (χ1n) is 10.4. The number of benzene rings is 1. The van der Waals surface area contributed by atoms with E-state index in [4.69, 9.17) is 9.72 Å². The van der Waals surface area contributed by atoms with Gasteiger partial charge in [-0.05, 0) is 23.5 Å². The van der Waals surface area contributed by atoms with Gasteiger partial charge in [-0.25, -0.2) is 4.98 Å². The number of hydrogen-bond donors (Lipinski definition) is 0. The molecular weight excluding hydrogens is 400 g/mol. The van der Waals surface area contributed by atoms with Crippen LogP contribution in [0.2, 0.25) is 0 Å². The Labute approximate surface area is 180 Å². The van der Waals surface area contributed by atoms with Crippen molar-refractivity contribution in [3.05, 3.63) is 56.7 Å². The number of aromatic nitrogens is 2. The summed E-state index contributed by atoms with van der Waals surface area (Å²) in [5, 5.41) is 1.65. The summed E-state index contributed by atoms with van der Waals surface area (Å²) in [6.45, 7) is 7.70. The molecule has 1 aromatic carbocycles. The summed E-state index contributed by atoms with van der Waals surface area (Å²) in [6.07, 6.45) is 3.23. The minimum Gasteiger partial charge on any atom is -0.372 e. The van der Waals surface area contributed by atoms with Gasteiger partial charge in [-0.15, -0.1) is 11.3 Å². The Morgan fingerprint density at radius 3 is 2.83 bits per heavy atom. The maximum absolute atomic E-state index is 13.7. The van der Waals surface area contributed by atoms with Gasteiger partial charge < -0.3 is 4.74 Å². The lowest BCUT2D eigenvalue weighted by atomic mass is 9.96. The maximum atomic E-state index is 13.7. The molecule has 0 unspecified atom stereocenters. The lowest BCUT2D eigenvalue weighted by molar-refractivity contribution is 0.00200. The monoisotopic (exact) mass is 428 g/mol.